The second kappa shape index (κ2) is 69.8. The molecule has 0 bridgehead atoms. The third kappa shape index (κ3) is 72.2. The Morgan fingerprint density at radius 2 is 0.474 bits per heavy atom. The van der Waals surface area contributed by atoms with E-state index < -0.39 is 97.5 Å². The third-order valence-corrected chi connectivity index (χ3v) is 20.1. The van der Waals surface area contributed by atoms with Gasteiger partial charge in [0.25, 0.3) is 0 Å². The van der Waals surface area contributed by atoms with E-state index in [9.17, 15) is 43.2 Å². The Bertz CT molecular complexity index is 1870. The van der Waals surface area contributed by atoms with E-state index in [4.69, 9.17) is 37.0 Å². The van der Waals surface area contributed by atoms with Gasteiger partial charge in [0, 0.05) is 25.7 Å². The van der Waals surface area contributed by atoms with Crippen molar-refractivity contribution in [3.63, 3.8) is 0 Å². The average molecular weight is 1420 g/mol. The summed E-state index contributed by atoms with van der Waals surface area (Å²) in [6, 6.07) is 0. The van der Waals surface area contributed by atoms with Crippen LogP contribution in [0, 0.1) is 11.8 Å². The van der Waals surface area contributed by atoms with Gasteiger partial charge in [0.15, 0.2) is 12.2 Å². The van der Waals surface area contributed by atoms with Gasteiger partial charge in [-0.2, -0.15) is 0 Å². The number of unbranched alkanes of at least 4 members (excludes halogenated alkanes) is 47. The monoisotopic (exact) mass is 1420 g/mol. The predicted molar refractivity (Wildman–Crippen MR) is 395 cm³/mol. The van der Waals surface area contributed by atoms with Gasteiger partial charge in [0.05, 0.1) is 26.4 Å². The van der Waals surface area contributed by atoms with Gasteiger partial charge in [-0.15, -0.1) is 0 Å². The number of hydrogen-bond acceptors (Lipinski definition) is 15. The molecule has 0 radical (unpaired) electrons. The van der Waals surface area contributed by atoms with Crippen LogP contribution in [0.1, 0.15) is 408 Å². The molecule has 0 saturated heterocycles. The largest absolute Gasteiger partial charge is 0.472 e. The molecule has 0 heterocycles. The van der Waals surface area contributed by atoms with Crippen LogP contribution >= 0.6 is 15.6 Å². The molecule has 0 aliphatic rings. The number of carbonyl (C=O) groups is 4. The maximum absolute atomic E-state index is 13.1. The lowest BCUT2D eigenvalue weighted by Crippen LogP contribution is -2.30. The van der Waals surface area contributed by atoms with Crippen molar-refractivity contribution in [3.05, 3.63) is 0 Å². The lowest BCUT2D eigenvalue weighted by Gasteiger charge is -2.21. The first kappa shape index (κ1) is 95.1. The summed E-state index contributed by atoms with van der Waals surface area (Å²) in [5.41, 5.74) is 0. The number of ether oxygens (including phenoxy) is 4. The Hall–Kier alpha value is -1.94. The first-order valence-electron chi connectivity index (χ1n) is 40.5. The molecule has 5 atom stereocenters. The third-order valence-electron chi connectivity index (χ3n) is 18.2. The van der Waals surface area contributed by atoms with E-state index in [1.165, 1.54) is 218 Å². The molecule has 0 aliphatic carbocycles. The minimum absolute atomic E-state index is 0.106. The van der Waals surface area contributed by atoms with E-state index in [0.29, 0.717) is 31.6 Å². The summed E-state index contributed by atoms with van der Waals surface area (Å²) in [5, 5.41) is 10.6. The van der Waals surface area contributed by atoms with Crippen molar-refractivity contribution >= 4 is 39.5 Å². The summed E-state index contributed by atoms with van der Waals surface area (Å²) in [5.74, 6) is -0.670. The zero-order valence-corrected chi connectivity index (χ0v) is 65.2. The second-order valence-electron chi connectivity index (χ2n) is 29.1. The molecule has 576 valence electrons. The molecular weight excluding hydrogens is 1270 g/mol. The van der Waals surface area contributed by atoms with Crippen LogP contribution in [0.15, 0.2) is 0 Å². The molecular formula is C78H152O17P2. The Kier molecular flexibility index (Phi) is 68.4. The van der Waals surface area contributed by atoms with Crippen molar-refractivity contribution < 1.29 is 80.2 Å². The van der Waals surface area contributed by atoms with Crippen molar-refractivity contribution in [3.8, 4) is 0 Å². The summed E-state index contributed by atoms with van der Waals surface area (Å²) in [6.45, 7) is 9.53. The van der Waals surface area contributed by atoms with Crippen LogP contribution < -0.4 is 0 Å². The standard InChI is InChI=1S/C78H152O17P2/c1-7-9-11-13-15-17-19-21-23-24-25-26-28-30-34-38-42-50-56-62-77(82)94-73(66-88-75(80)60-54-48-41-37-33-29-27-22-20-18-16-14-12-10-8-2)68-92-96(84,85)90-64-72(79)65-91-97(86,87)93-69-74(67-89-76(81)61-55-49-45-44-47-53-59-71(5)6)95-78(83)63-57-51-43-39-35-31-32-36-40-46-52-58-70(3)4/h70-74,79H,7-69H2,1-6H3,(H,84,85)(H,86,87)/t72-,73-,74-/m1/s1. The van der Waals surface area contributed by atoms with Crippen LogP contribution in [0.5, 0.6) is 0 Å². The fourth-order valence-corrected chi connectivity index (χ4v) is 13.6. The van der Waals surface area contributed by atoms with Crippen LogP contribution in [-0.2, 0) is 65.4 Å². The van der Waals surface area contributed by atoms with Gasteiger partial charge >= 0.3 is 39.5 Å². The summed E-state index contributed by atoms with van der Waals surface area (Å²) in [4.78, 5) is 72.9. The normalized spacial score (nSPS) is 14.0. The maximum atomic E-state index is 13.1. The first-order chi connectivity index (χ1) is 46.9. The van der Waals surface area contributed by atoms with Crippen molar-refractivity contribution in [1.82, 2.24) is 0 Å². The summed E-state index contributed by atoms with van der Waals surface area (Å²) in [6.07, 6.45) is 58.4. The summed E-state index contributed by atoms with van der Waals surface area (Å²) >= 11 is 0. The molecule has 97 heavy (non-hydrogen) atoms. The van der Waals surface area contributed by atoms with Crippen molar-refractivity contribution in [2.45, 2.75) is 426 Å². The van der Waals surface area contributed by atoms with Crippen LogP contribution in [0.4, 0.5) is 0 Å². The van der Waals surface area contributed by atoms with Gasteiger partial charge in [-0.3, -0.25) is 37.3 Å². The first-order valence-corrected chi connectivity index (χ1v) is 43.5. The molecule has 2 unspecified atom stereocenters. The minimum Gasteiger partial charge on any atom is -0.462 e. The Labute approximate surface area is 594 Å². The van der Waals surface area contributed by atoms with Gasteiger partial charge in [0.2, 0.25) is 0 Å². The number of aliphatic hydroxyl groups is 1. The van der Waals surface area contributed by atoms with E-state index in [2.05, 4.69) is 41.5 Å². The van der Waals surface area contributed by atoms with Crippen LogP contribution in [0.25, 0.3) is 0 Å². The zero-order valence-electron chi connectivity index (χ0n) is 63.4. The Morgan fingerprint density at radius 3 is 0.701 bits per heavy atom. The molecule has 0 aliphatic heterocycles. The van der Waals surface area contributed by atoms with Gasteiger partial charge in [-0.05, 0) is 37.5 Å². The molecule has 3 N–H and O–H groups in total. The Balaban J connectivity index is 5.22. The van der Waals surface area contributed by atoms with E-state index in [0.717, 1.165) is 102 Å². The van der Waals surface area contributed by atoms with Crippen molar-refractivity contribution in [2.75, 3.05) is 39.6 Å². The smallest absolute Gasteiger partial charge is 0.462 e. The molecule has 19 heteroatoms. The molecule has 0 aromatic carbocycles. The maximum Gasteiger partial charge on any atom is 0.472 e. The van der Waals surface area contributed by atoms with E-state index in [-0.39, 0.29) is 25.7 Å². The average Bonchev–Trinajstić information content (AvgIpc) is 1.04. The molecule has 0 fully saturated rings. The highest BCUT2D eigenvalue weighted by Crippen LogP contribution is 2.45. The highest BCUT2D eigenvalue weighted by atomic mass is 31.2. The Morgan fingerprint density at radius 1 is 0.278 bits per heavy atom. The van der Waals surface area contributed by atoms with Gasteiger partial charge in [0.1, 0.15) is 19.3 Å². The molecule has 0 rings (SSSR count). The fraction of sp³-hybridized carbons (Fsp3) is 0.949. The zero-order chi connectivity index (χ0) is 71.4. The number of esters is 4. The number of hydrogen-bond donors (Lipinski definition) is 3. The van der Waals surface area contributed by atoms with Crippen LogP contribution in [-0.4, -0.2) is 96.7 Å². The molecule has 17 nitrogen and oxygen atoms in total. The number of aliphatic hydroxyl groups excluding tert-OH is 1. The van der Waals surface area contributed by atoms with E-state index in [1.807, 2.05) is 0 Å². The SMILES string of the molecule is CCCCCCCCCCCCCCCCCCCCCC(=O)O[C@H](COC(=O)CCCCCCCCCCCCCCCCC)COP(=O)(O)OC[C@@H](O)COP(=O)(O)OC[C@@H](COC(=O)CCCCCCCCC(C)C)OC(=O)CCCCCCCCCCCCCC(C)C. The van der Waals surface area contributed by atoms with Crippen LogP contribution in [0.3, 0.4) is 0 Å². The summed E-state index contributed by atoms with van der Waals surface area (Å²) in [7, 11) is -9.91. The van der Waals surface area contributed by atoms with Gasteiger partial charge in [-0.1, -0.05) is 356 Å². The summed E-state index contributed by atoms with van der Waals surface area (Å²) < 4.78 is 68.6. The van der Waals surface area contributed by atoms with Crippen molar-refractivity contribution in [1.29, 1.82) is 0 Å². The fourth-order valence-electron chi connectivity index (χ4n) is 12.0. The lowest BCUT2D eigenvalue weighted by atomic mass is 10.0. The second-order valence-corrected chi connectivity index (χ2v) is 32.0. The highest BCUT2D eigenvalue weighted by molar-refractivity contribution is 7.47. The van der Waals surface area contributed by atoms with Gasteiger partial charge in [-0.25, -0.2) is 9.13 Å². The number of rotatable bonds is 77. The van der Waals surface area contributed by atoms with Crippen LogP contribution in [0.2, 0.25) is 0 Å². The number of carbonyl (C=O) groups excluding carboxylic acids is 4. The number of phosphoric ester groups is 2. The van der Waals surface area contributed by atoms with Gasteiger partial charge < -0.3 is 33.8 Å². The quantitative estimate of drug-likeness (QED) is 0.0222. The van der Waals surface area contributed by atoms with E-state index in [1.54, 1.807) is 0 Å². The van der Waals surface area contributed by atoms with Crippen molar-refractivity contribution in [2.24, 2.45) is 11.8 Å². The molecule has 0 spiro atoms. The topological polar surface area (TPSA) is 237 Å². The molecule has 0 amide bonds. The molecule has 0 aromatic heterocycles. The molecule has 0 aromatic rings. The predicted octanol–water partition coefficient (Wildman–Crippen LogP) is 23.1. The highest BCUT2D eigenvalue weighted by Gasteiger charge is 2.30. The minimum atomic E-state index is -4.96. The lowest BCUT2D eigenvalue weighted by molar-refractivity contribution is -0.161. The molecule has 0 saturated carbocycles. The number of phosphoric acid groups is 2. The van der Waals surface area contributed by atoms with E-state index >= 15 is 0 Å².